The molecule has 124 valence electrons. The zero-order valence-electron chi connectivity index (χ0n) is 12.5. The number of aliphatic hydroxyl groups excluding tert-OH is 1. The predicted molar refractivity (Wildman–Crippen MR) is 77.3 cm³/mol. The van der Waals surface area contributed by atoms with Gasteiger partial charge in [-0.25, -0.2) is 0 Å². The Bertz CT molecular complexity index is 685. The highest BCUT2D eigenvalue weighted by molar-refractivity contribution is 6.23. The number of hydrogen-bond acceptors (Lipinski definition) is 7. The van der Waals surface area contributed by atoms with Gasteiger partial charge in [0.2, 0.25) is 5.78 Å². The minimum absolute atomic E-state index is 0.126. The molecular weight excluding hydrogens is 304 g/mol. The van der Waals surface area contributed by atoms with Crippen molar-refractivity contribution in [2.75, 3.05) is 6.61 Å². The van der Waals surface area contributed by atoms with Crippen molar-refractivity contribution in [2.24, 2.45) is 0 Å². The lowest BCUT2D eigenvalue weighted by atomic mass is 9.61. The number of hydrogen-bond donors (Lipinski definition) is 4. The van der Waals surface area contributed by atoms with Crippen molar-refractivity contribution in [1.82, 2.24) is 0 Å². The maximum atomic E-state index is 12.8. The Labute approximate surface area is 132 Å². The molecule has 4 atom stereocenters. The van der Waals surface area contributed by atoms with E-state index in [0.717, 1.165) is 0 Å². The van der Waals surface area contributed by atoms with Crippen molar-refractivity contribution < 1.29 is 34.8 Å². The molecule has 7 nitrogen and oxygen atoms in total. The molecule has 2 aliphatic rings. The average molecular weight is 322 g/mol. The quantitative estimate of drug-likeness (QED) is 0.594. The van der Waals surface area contributed by atoms with Gasteiger partial charge in [-0.2, -0.15) is 0 Å². The van der Waals surface area contributed by atoms with Gasteiger partial charge in [0.25, 0.3) is 0 Å². The van der Waals surface area contributed by atoms with Gasteiger partial charge in [0.05, 0.1) is 17.8 Å². The molecular formula is C16H18O7. The molecule has 1 aliphatic carbocycles. The maximum Gasteiger partial charge on any atom is 0.205 e. The fraction of sp³-hybridized carbons (Fsp3) is 0.500. The fourth-order valence-electron chi connectivity index (χ4n) is 3.59. The summed E-state index contributed by atoms with van der Waals surface area (Å²) in [6.07, 6.45) is -2.00. The van der Waals surface area contributed by atoms with Gasteiger partial charge in [0.1, 0.15) is 5.75 Å². The summed E-state index contributed by atoms with van der Waals surface area (Å²) in [6, 6.07) is 3.95. The number of fused-ring (bicyclic) bond motifs is 2. The van der Waals surface area contributed by atoms with Crippen LogP contribution in [0.25, 0.3) is 0 Å². The number of aromatic hydroxyl groups is 1. The molecule has 23 heavy (non-hydrogen) atoms. The van der Waals surface area contributed by atoms with E-state index in [0.29, 0.717) is 0 Å². The number of aliphatic hydroxyl groups is 3. The molecule has 1 aliphatic heterocycles. The number of carbonyl (C=O) groups is 2. The molecule has 4 N–H and O–H groups in total. The molecule has 1 aromatic carbocycles. The largest absolute Gasteiger partial charge is 0.507 e. The topological polar surface area (TPSA) is 124 Å². The predicted octanol–water partition coefficient (Wildman–Crippen LogP) is -0.207. The number of Topliss-reactive ketones (excluding diaryl/α,β-unsaturated/α-hetero) is 2. The highest BCUT2D eigenvalue weighted by Gasteiger charge is 2.69. The van der Waals surface area contributed by atoms with Crippen LogP contribution in [-0.2, 0) is 4.74 Å². The Morgan fingerprint density at radius 3 is 2.61 bits per heavy atom. The maximum absolute atomic E-state index is 12.8. The summed E-state index contributed by atoms with van der Waals surface area (Å²) in [5.41, 5.74) is -5.27. The number of phenols is 1. The summed E-state index contributed by atoms with van der Waals surface area (Å²) >= 11 is 0. The molecule has 0 radical (unpaired) electrons. The van der Waals surface area contributed by atoms with Crippen LogP contribution >= 0.6 is 0 Å². The highest BCUT2D eigenvalue weighted by atomic mass is 16.5. The van der Waals surface area contributed by atoms with E-state index < -0.39 is 40.7 Å². The molecule has 0 saturated carbocycles. The van der Waals surface area contributed by atoms with Crippen LogP contribution in [-0.4, -0.2) is 62.0 Å². The van der Waals surface area contributed by atoms with Crippen molar-refractivity contribution in [2.45, 2.75) is 43.2 Å². The molecule has 0 bridgehead atoms. The summed E-state index contributed by atoms with van der Waals surface area (Å²) < 4.78 is 5.51. The zero-order chi connectivity index (χ0) is 17.0. The van der Waals surface area contributed by atoms with Crippen molar-refractivity contribution in [3.05, 3.63) is 29.3 Å². The summed E-state index contributed by atoms with van der Waals surface area (Å²) in [5, 5.41) is 40.8. The minimum atomic E-state index is -2.48. The Hall–Kier alpha value is -1.80. The van der Waals surface area contributed by atoms with E-state index in [9.17, 15) is 24.9 Å². The Balaban J connectivity index is 2.20. The third kappa shape index (κ3) is 1.91. The molecule has 3 rings (SSSR count). The zero-order valence-corrected chi connectivity index (χ0v) is 12.5. The van der Waals surface area contributed by atoms with Crippen LogP contribution in [0.5, 0.6) is 5.75 Å². The van der Waals surface area contributed by atoms with Crippen LogP contribution in [0.4, 0.5) is 0 Å². The second-order valence-corrected chi connectivity index (χ2v) is 6.10. The third-order valence-electron chi connectivity index (χ3n) is 4.83. The molecule has 1 aromatic rings. The number of rotatable bonds is 2. The molecule has 0 spiro atoms. The van der Waals surface area contributed by atoms with Gasteiger partial charge in [0, 0.05) is 18.6 Å². The van der Waals surface area contributed by atoms with Crippen LogP contribution in [0.2, 0.25) is 0 Å². The first-order chi connectivity index (χ1) is 10.8. The molecule has 0 aromatic heterocycles. The Morgan fingerprint density at radius 1 is 1.26 bits per heavy atom. The van der Waals surface area contributed by atoms with E-state index in [4.69, 9.17) is 9.84 Å². The first-order valence-corrected chi connectivity index (χ1v) is 7.40. The standard InChI is InChI=1S/C16H18O7/c1-8-16(22)14(20)12-10(3-2-4-11(12)18)13(19)15(16,21)7-9(23-8)5-6-17/h2-4,8-9,17-18,21-22H,5-7H2,1H3. The van der Waals surface area contributed by atoms with Gasteiger partial charge in [0.15, 0.2) is 17.0 Å². The van der Waals surface area contributed by atoms with Crippen LogP contribution in [0.15, 0.2) is 18.2 Å². The molecule has 1 heterocycles. The fourth-order valence-corrected chi connectivity index (χ4v) is 3.59. The smallest absolute Gasteiger partial charge is 0.205 e. The SMILES string of the molecule is CC1OC(CCO)CC2(O)C(=O)c3cccc(O)c3C(=O)C12O. The molecule has 7 heteroatoms. The summed E-state index contributed by atoms with van der Waals surface area (Å²) in [4.78, 5) is 25.5. The van der Waals surface area contributed by atoms with Crippen LogP contribution in [0.3, 0.4) is 0 Å². The average Bonchev–Trinajstić information content (AvgIpc) is 2.50. The number of phenolic OH excluding ortho intramolecular Hbond substituents is 1. The Morgan fingerprint density at radius 2 is 1.96 bits per heavy atom. The second-order valence-electron chi connectivity index (χ2n) is 6.10. The minimum Gasteiger partial charge on any atom is -0.507 e. The second kappa shape index (κ2) is 5.10. The van der Waals surface area contributed by atoms with Crippen molar-refractivity contribution >= 4 is 11.6 Å². The number of benzene rings is 1. The number of ketones is 2. The van der Waals surface area contributed by atoms with E-state index in [1.807, 2.05) is 0 Å². The molecule has 4 unspecified atom stereocenters. The van der Waals surface area contributed by atoms with Gasteiger partial charge in [-0.1, -0.05) is 12.1 Å². The van der Waals surface area contributed by atoms with E-state index in [-0.39, 0.29) is 30.6 Å². The first-order valence-electron chi connectivity index (χ1n) is 7.40. The summed E-state index contributed by atoms with van der Waals surface area (Å²) in [6.45, 7) is 1.16. The van der Waals surface area contributed by atoms with Crippen molar-refractivity contribution in [1.29, 1.82) is 0 Å². The lowest BCUT2D eigenvalue weighted by Crippen LogP contribution is -2.75. The van der Waals surface area contributed by atoms with Crippen LogP contribution in [0.1, 0.15) is 40.5 Å². The van der Waals surface area contributed by atoms with E-state index in [1.54, 1.807) is 0 Å². The normalized spacial score (nSPS) is 36.5. The van der Waals surface area contributed by atoms with Crippen LogP contribution in [0, 0.1) is 0 Å². The Kier molecular flexibility index (Phi) is 3.57. The van der Waals surface area contributed by atoms with Crippen molar-refractivity contribution in [3.8, 4) is 5.75 Å². The van der Waals surface area contributed by atoms with Gasteiger partial charge >= 0.3 is 0 Å². The lowest BCUT2D eigenvalue weighted by Gasteiger charge is -2.52. The van der Waals surface area contributed by atoms with E-state index in [2.05, 4.69) is 0 Å². The number of carbonyl (C=O) groups excluding carboxylic acids is 2. The highest BCUT2D eigenvalue weighted by Crippen LogP contribution is 2.47. The van der Waals surface area contributed by atoms with Gasteiger partial charge in [-0.3, -0.25) is 9.59 Å². The van der Waals surface area contributed by atoms with Crippen molar-refractivity contribution in [3.63, 3.8) is 0 Å². The van der Waals surface area contributed by atoms with Gasteiger partial charge < -0.3 is 25.2 Å². The lowest BCUT2D eigenvalue weighted by molar-refractivity contribution is -0.228. The summed E-state index contributed by atoms with van der Waals surface area (Å²) in [7, 11) is 0. The van der Waals surface area contributed by atoms with E-state index >= 15 is 0 Å². The van der Waals surface area contributed by atoms with Crippen LogP contribution < -0.4 is 0 Å². The monoisotopic (exact) mass is 322 g/mol. The molecule has 1 fully saturated rings. The summed E-state index contributed by atoms with van der Waals surface area (Å²) in [5.74, 6) is -2.20. The van der Waals surface area contributed by atoms with Gasteiger partial charge in [-0.05, 0) is 19.4 Å². The first kappa shape index (κ1) is 16.1. The molecule has 1 saturated heterocycles. The third-order valence-corrected chi connectivity index (χ3v) is 4.83. The number of ether oxygens (including phenoxy) is 1. The van der Waals surface area contributed by atoms with E-state index in [1.165, 1.54) is 25.1 Å². The van der Waals surface area contributed by atoms with Gasteiger partial charge in [-0.15, -0.1) is 0 Å². The molecule has 0 amide bonds.